The fourth-order valence-electron chi connectivity index (χ4n) is 5.61. The van der Waals surface area contributed by atoms with Crippen LogP contribution in [0.2, 0.25) is 0 Å². The van der Waals surface area contributed by atoms with Gasteiger partial charge in [-0.3, -0.25) is 0 Å². The Morgan fingerprint density at radius 1 is 0.864 bits per heavy atom. The van der Waals surface area contributed by atoms with E-state index in [1.165, 1.54) is 57.8 Å². The van der Waals surface area contributed by atoms with Crippen LogP contribution >= 0.6 is 0 Å². The highest BCUT2D eigenvalue weighted by molar-refractivity contribution is 5.06. The summed E-state index contributed by atoms with van der Waals surface area (Å²) < 4.78 is 0. The van der Waals surface area contributed by atoms with Crippen LogP contribution in [0.3, 0.4) is 0 Å². The van der Waals surface area contributed by atoms with Crippen LogP contribution < -0.4 is 10.6 Å². The van der Waals surface area contributed by atoms with E-state index in [-0.39, 0.29) is 0 Å². The molecule has 4 aliphatic rings. The van der Waals surface area contributed by atoms with Crippen molar-refractivity contribution in [3.8, 4) is 0 Å². The molecular weight excluding hydrogens is 268 g/mol. The highest BCUT2D eigenvalue weighted by Crippen LogP contribution is 2.61. The average molecular weight is 307 g/mol. The van der Waals surface area contributed by atoms with Crippen LogP contribution in [0.4, 0.5) is 0 Å². The summed E-state index contributed by atoms with van der Waals surface area (Å²) in [5.41, 5.74) is 0.620. The molecule has 4 rings (SSSR count). The van der Waals surface area contributed by atoms with Gasteiger partial charge in [-0.25, -0.2) is 0 Å². The maximum atomic E-state index is 3.88. The topological polar surface area (TPSA) is 24.1 Å². The van der Waals surface area contributed by atoms with E-state index in [0.29, 0.717) is 5.41 Å². The lowest BCUT2D eigenvalue weighted by molar-refractivity contribution is -0.114. The van der Waals surface area contributed by atoms with Gasteiger partial charge in [0.15, 0.2) is 0 Å². The smallest absolute Gasteiger partial charge is 0.00989 e. The van der Waals surface area contributed by atoms with Crippen molar-refractivity contribution in [2.45, 2.75) is 90.6 Å². The molecule has 2 nitrogen and oxygen atoms in total. The molecule has 0 radical (unpaired) electrons. The Hall–Kier alpha value is -0.0800. The molecule has 2 N–H and O–H groups in total. The van der Waals surface area contributed by atoms with Crippen LogP contribution in [0, 0.1) is 23.2 Å². The number of hydrogen-bond donors (Lipinski definition) is 2. The zero-order valence-electron chi connectivity index (χ0n) is 15.2. The highest BCUT2D eigenvalue weighted by Gasteiger charge is 2.55. The zero-order chi connectivity index (χ0) is 15.6. The maximum Gasteiger partial charge on any atom is 0.00989 e. The van der Waals surface area contributed by atoms with Gasteiger partial charge in [0.25, 0.3) is 0 Å². The number of rotatable bonds is 5. The summed E-state index contributed by atoms with van der Waals surface area (Å²) in [7, 11) is 0. The van der Waals surface area contributed by atoms with E-state index in [0.717, 1.165) is 42.9 Å². The second kappa shape index (κ2) is 7.21. The third kappa shape index (κ3) is 3.53. The average Bonchev–Trinajstić information content (AvgIpc) is 2.46. The first-order valence-electron chi connectivity index (χ1n) is 10.1. The molecule has 4 aliphatic carbocycles. The molecule has 2 bridgehead atoms. The molecular formula is C20H38N2. The summed E-state index contributed by atoms with van der Waals surface area (Å²) in [6.07, 6.45) is 12.9. The molecule has 128 valence electrons. The van der Waals surface area contributed by atoms with Crippen molar-refractivity contribution in [2.24, 2.45) is 23.2 Å². The summed E-state index contributed by atoms with van der Waals surface area (Å²) in [5.74, 6) is 2.80. The third-order valence-electron chi connectivity index (χ3n) is 7.42. The summed E-state index contributed by atoms with van der Waals surface area (Å²) in [5, 5.41) is 7.69. The Bertz CT molecular complexity index is 344. The van der Waals surface area contributed by atoms with E-state index < -0.39 is 0 Å². The van der Waals surface area contributed by atoms with Crippen molar-refractivity contribution < 1.29 is 0 Å². The maximum absolute atomic E-state index is 3.88. The summed E-state index contributed by atoms with van der Waals surface area (Å²) in [4.78, 5) is 0. The molecule has 0 aromatic carbocycles. The SMILES string of the molecule is C[C@H]1C(NCCNC2CCCCCCC2)C[C@H]2CC1C2(C)C. The van der Waals surface area contributed by atoms with Gasteiger partial charge in [0.2, 0.25) is 0 Å². The van der Waals surface area contributed by atoms with Crippen LogP contribution in [0.15, 0.2) is 0 Å². The fourth-order valence-corrected chi connectivity index (χ4v) is 5.61. The summed E-state index contributed by atoms with van der Waals surface area (Å²) in [6.45, 7) is 9.79. The first-order chi connectivity index (χ1) is 10.6. The van der Waals surface area contributed by atoms with Gasteiger partial charge in [-0.15, -0.1) is 0 Å². The van der Waals surface area contributed by atoms with Crippen LogP contribution in [0.25, 0.3) is 0 Å². The molecule has 0 heterocycles. The molecule has 22 heavy (non-hydrogen) atoms. The van der Waals surface area contributed by atoms with E-state index in [2.05, 4.69) is 31.4 Å². The standard InChI is InChI=1S/C20H38N2/c1-15-18-13-16(20(18,2)3)14-19(15)22-12-11-21-17-9-7-5-4-6-8-10-17/h15-19,21-22H,4-14H2,1-3H3/t15-,16-,18?,19?/m1/s1. The minimum atomic E-state index is 0.620. The van der Waals surface area contributed by atoms with Crippen molar-refractivity contribution >= 4 is 0 Å². The number of hydrogen-bond acceptors (Lipinski definition) is 2. The first kappa shape index (κ1) is 16.8. The first-order valence-corrected chi connectivity index (χ1v) is 10.1. The van der Waals surface area contributed by atoms with Gasteiger partial charge in [-0.2, -0.15) is 0 Å². The van der Waals surface area contributed by atoms with Gasteiger partial charge in [0.1, 0.15) is 0 Å². The molecule has 0 aliphatic heterocycles. The molecule has 0 aromatic heterocycles. The molecule has 4 atom stereocenters. The largest absolute Gasteiger partial charge is 0.313 e. The number of fused-ring (bicyclic) bond motifs is 2. The van der Waals surface area contributed by atoms with Gasteiger partial charge >= 0.3 is 0 Å². The highest BCUT2D eigenvalue weighted by atomic mass is 15.0. The normalized spacial score (nSPS) is 38.9. The molecule has 0 saturated heterocycles. The van der Waals surface area contributed by atoms with Gasteiger partial charge in [0, 0.05) is 25.2 Å². The van der Waals surface area contributed by atoms with E-state index in [1.807, 2.05) is 0 Å². The Morgan fingerprint density at radius 2 is 1.50 bits per heavy atom. The van der Waals surface area contributed by atoms with E-state index in [4.69, 9.17) is 0 Å². The van der Waals surface area contributed by atoms with Crippen molar-refractivity contribution in [3.05, 3.63) is 0 Å². The Kier molecular flexibility index (Phi) is 5.50. The molecule has 0 spiro atoms. The van der Waals surface area contributed by atoms with Gasteiger partial charge in [0.05, 0.1) is 0 Å². The predicted octanol–water partition coefficient (Wildman–Crippen LogP) is 4.35. The van der Waals surface area contributed by atoms with Crippen molar-refractivity contribution in [1.82, 2.24) is 10.6 Å². The Labute approximate surface area is 138 Å². The third-order valence-corrected chi connectivity index (χ3v) is 7.42. The van der Waals surface area contributed by atoms with Crippen LogP contribution in [-0.2, 0) is 0 Å². The van der Waals surface area contributed by atoms with Crippen molar-refractivity contribution in [2.75, 3.05) is 13.1 Å². The molecule has 2 unspecified atom stereocenters. The summed E-state index contributed by atoms with van der Waals surface area (Å²) in [6, 6.07) is 1.56. The lowest BCUT2D eigenvalue weighted by atomic mass is 9.45. The predicted molar refractivity (Wildman–Crippen MR) is 95.1 cm³/mol. The molecule has 2 heteroatoms. The van der Waals surface area contributed by atoms with Gasteiger partial charge < -0.3 is 10.6 Å². The summed E-state index contributed by atoms with van der Waals surface area (Å²) >= 11 is 0. The van der Waals surface area contributed by atoms with Crippen LogP contribution in [0.5, 0.6) is 0 Å². The monoisotopic (exact) mass is 306 g/mol. The zero-order valence-corrected chi connectivity index (χ0v) is 15.2. The van der Waals surface area contributed by atoms with E-state index >= 15 is 0 Å². The van der Waals surface area contributed by atoms with E-state index in [1.54, 1.807) is 0 Å². The van der Waals surface area contributed by atoms with Crippen molar-refractivity contribution in [1.29, 1.82) is 0 Å². The lowest BCUT2D eigenvalue weighted by Gasteiger charge is -2.62. The quantitative estimate of drug-likeness (QED) is 0.738. The molecule has 4 saturated carbocycles. The Balaban J connectivity index is 1.34. The lowest BCUT2D eigenvalue weighted by Crippen LogP contribution is -2.60. The second-order valence-corrected chi connectivity index (χ2v) is 9.01. The minimum absolute atomic E-state index is 0.620. The van der Waals surface area contributed by atoms with E-state index in [9.17, 15) is 0 Å². The number of nitrogens with one attached hydrogen (secondary N) is 2. The van der Waals surface area contributed by atoms with Crippen molar-refractivity contribution in [3.63, 3.8) is 0 Å². The Morgan fingerprint density at radius 3 is 2.14 bits per heavy atom. The van der Waals surface area contributed by atoms with Crippen LogP contribution in [-0.4, -0.2) is 25.2 Å². The second-order valence-electron chi connectivity index (χ2n) is 9.01. The van der Waals surface area contributed by atoms with Crippen LogP contribution in [0.1, 0.15) is 78.6 Å². The molecule has 0 aromatic rings. The molecule has 4 fully saturated rings. The van der Waals surface area contributed by atoms with Gasteiger partial charge in [-0.1, -0.05) is 52.9 Å². The minimum Gasteiger partial charge on any atom is -0.313 e. The van der Waals surface area contributed by atoms with Gasteiger partial charge in [-0.05, 0) is 48.9 Å². The molecule has 0 amide bonds. The fraction of sp³-hybridized carbons (Fsp3) is 1.00.